The summed E-state index contributed by atoms with van der Waals surface area (Å²) in [5.74, 6) is 0.512. The third-order valence-corrected chi connectivity index (χ3v) is 5.01. The van der Waals surface area contributed by atoms with Crippen molar-refractivity contribution in [1.29, 1.82) is 0 Å². The fourth-order valence-electron chi connectivity index (χ4n) is 3.46. The quantitative estimate of drug-likeness (QED) is 0.761. The van der Waals surface area contributed by atoms with Crippen LogP contribution in [0.15, 0.2) is 46.9 Å². The molecule has 6 heteroatoms. The molecule has 0 saturated carbocycles. The molecule has 1 aliphatic rings. The van der Waals surface area contributed by atoms with Gasteiger partial charge in [-0.25, -0.2) is 4.98 Å². The van der Waals surface area contributed by atoms with Crippen molar-refractivity contribution >= 4 is 28.6 Å². The number of nitrogens with zero attached hydrogens (tertiary/aromatic N) is 2. The summed E-state index contributed by atoms with van der Waals surface area (Å²) < 4.78 is 5.84. The molecule has 2 aromatic carbocycles. The summed E-state index contributed by atoms with van der Waals surface area (Å²) >= 11 is 6.02. The van der Waals surface area contributed by atoms with Crippen molar-refractivity contribution in [1.82, 2.24) is 9.88 Å². The maximum absolute atomic E-state index is 12.7. The second-order valence-corrected chi connectivity index (χ2v) is 7.01. The number of hydrogen-bond donors (Lipinski definition) is 1. The second kappa shape index (κ2) is 7.09. The van der Waals surface area contributed by atoms with Crippen LogP contribution in [0, 0.1) is 0 Å². The predicted octanol–water partition coefficient (Wildman–Crippen LogP) is 3.67. The van der Waals surface area contributed by atoms with Crippen molar-refractivity contribution < 1.29 is 14.3 Å². The largest absolute Gasteiger partial charge is 0.440 e. The summed E-state index contributed by atoms with van der Waals surface area (Å²) in [6.07, 6.45) is 2.30. The first-order chi connectivity index (χ1) is 12.6. The summed E-state index contributed by atoms with van der Waals surface area (Å²) in [5, 5.41) is 10.1. The number of benzene rings is 2. The molecule has 0 aliphatic carbocycles. The van der Waals surface area contributed by atoms with Crippen molar-refractivity contribution in [2.75, 3.05) is 13.2 Å². The predicted molar refractivity (Wildman–Crippen MR) is 99.4 cm³/mol. The number of halogens is 1. The van der Waals surface area contributed by atoms with Gasteiger partial charge in [0.05, 0.1) is 12.6 Å². The van der Waals surface area contributed by atoms with E-state index in [-0.39, 0.29) is 18.6 Å². The van der Waals surface area contributed by atoms with Gasteiger partial charge >= 0.3 is 0 Å². The molecular weight excluding hydrogens is 352 g/mol. The van der Waals surface area contributed by atoms with E-state index in [0.717, 1.165) is 23.9 Å². The molecule has 0 bridgehead atoms. The monoisotopic (exact) mass is 370 g/mol. The highest BCUT2D eigenvalue weighted by molar-refractivity contribution is 6.30. The van der Waals surface area contributed by atoms with Gasteiger partial charge < -0.3 is 14.4 Å². The van der Waals surface area contributed by atoms with Gasteiger partial charge in [0.1, 0.15) is 5.52 Å². The topological polar surface area (TPSA) is 66.6 Å². The Hall–Kier alpha value is -2.37. The third kappa shape index (κ3) is 3.32. The fraction of sp³-hybridized carbons (Fsp3) is 0.300. The molecule has 0 radical (unpaired) electrons. The molecule has 5 nitrogen and oxygen atoms in total. The zero-order chi connectivity index (χ0) is 18.1. The minimum atomic E-state index is -0.0914. The lowest BCUT2D eigenvalue weighted by molar-refractivity contribution is 0.0677. The highest BCUT2D eigenvalue weighted by Crippen LogP contribution is 2.24. The third-order valence-electron chi connectivity index (χ3n) is 4.77. The molecule has 2 heterocycles. The zero-order valence-electron chi connectivity index (χ0n) is 14.2. The second-order valence-electron chi connectivity index (χ2n) is 6.57. The van der Waals surface area contributed by atoms with Gasteiger partial charge in [-0.2, -0.15) is 0 Å². The number of aliphatic hydroxyl groups excluding tert-OH is 1. The maximum atomic E-state index is 12.7. The minimum Gasteiger partial charge on any atom is -0.440 e. The highest BCUT2D eigenvalue weighted by Gasteiger charge is 2.29. The fourth-order valence-corrected chi connectivity index (χ4v) is 3.67. The van der Waals surface area contributed by atoms with E-state index in [1.54, 1.807) is 23.1 Å². The SMILES string of the molecule is O=C(c1ccc2nc(Cc3cccc(Cl)c3)oc2c1)N1CCC[C@H]1CO. The van der Waals surface area contributed by atoms with Gasteiger partial charge in [0.15, 0.2) is 11.5 Å². The zero-order valence-corrected chi connectivity index (χ0v) is 14.9. The Kier molecular flexibility index (Phi) is 4.66. The van der Waals surface area contributed by atoms with Crippen LogP contribution in [0.3, 0.4) is 0 Å². The lowest BCUT2D eigenvalue weighted by Gasteiger charge is -2.22. The van der Waals surface area contributed by atoms with Crippen molar-refractivity contribution in [3.8, 4) is 0 Å². The van der Waals surface area contributed by atoms with Gasteiger partial charge in [0, 0.05) is 23.6 Å². The van der Waals surface area contributed by atoms with E-state index in [1.165, 1.54) is 0 Å². The van der Waals surface area contributed by atoms with E-state index in [0.29, 0.717) is 35.0 Å². The number of amides is 1. The van der Waals surface area contributed by atoms with Gasteiger partial charge in [0.2, 0.25) is 0 Å². The molecule has 1 amide bonds. The lowest BCUT2D eigenvalue weighted by atomic mass is 10.1. The molecular formula is C20H19ClN2O3. The van der Waals surface area contributed by atoms with Crippen molar-refractivity contribution in [2.24, 2.45) is 0 Å². The van der Waals surface area contributed by atoms with Crippen LogP contribution in [0.5, 0.6) is 0 Å². The van der Waals surface area contributed by atoms with E-state index < -0.39 is 0 Å². The Bertz CT molecular complexity index is 953. The molecule has 0 spiro atoms. The van der Waals surface area contributed by atoms with Crippen LogP contribution in [-0.4, -0.2) is 40.1 Å². The van der Waals surface area contributed by atoms with Crippen LogP contribution in [0.2, 0.25) is 5.02 Å². The number of rotatable bonds is 4. The summed E-state index contributed by atoms with van der Waals surface area (Å²) in [5.41, 5.74) is 2.89. The number of carbonyl (C=O) groups excluding carboxylic acids is 1. The van der Waals surface area contributed by atoms with E-state index in [9.17, 15) is 9.90 Å². The first kappa shape index (κ1) is 17.1. The summed E-state index contributed by atoms with van der Waals surface area (Å²) in [7, 11) is 0. The minimum absolute atomic E-state index is 0.0000746. The molecule has 0 unspecified atom stereocenters. The average Bonchev–Trinajstić information content (AvgIpc) is 3.26. The number of aliphatic hydroxyl groups is 1. The first-order valence-electron chi connectivity index (χ1n) is 8.70. The molecule has 1 aromatic heterocycles. The average molecular weight is 371 g/mol. The van der Waals surface area contributed by atoms with Crippen molar-refractivity contribution in [3.63, 3.8) is 0 Å². The Morgan fingerprint density at radius 3 is 3.00 bits per heavy atom. The molecule has 1 atom stereocenters. The normalized spacial score (nSPS) is 17.2. The van der Waals surface area contributed by atoms with E-state index >= 15 is 0 Å². The van der Waals surface area contributed by atoms with Crippen molar-refractivity contribution in [2.45, 2.75) is 25.3 Å². The number of fused-ring (bicyclic) bond motifs is 1. The molecule has 1 fully saturated rings. The maximum Gasteiger partial charge on any atom is 0.254 e. The molecule has 1 saturated heterocycles. The van der Waals surface area contributed by atoms with Gasteiger partial charge in [-0.1, -0.05) is 23.7 Å². The first-order valence-corrected chi connectivity index (χ1v) is 9.07. The van der Waals surface area contributed by atoms with Crippen LogP contribution in [-0.2, 0) is 6.42 Å². The smallest absolute Gasteiger partial charge is 0.254 e. The highest BCUT2D eigenvalue weighted by atomic mass is 35.5. The van der Waals surface area contributed by atoms with Crippen LogP contribution < -0.4 is 0 Å². The Morgan fingerprint density at radius 2 is 2.19 bits per heavy atom. The number of aromatic nitrogens is 1. The van der Waals surface area contributed by atoms with Crippen molar-refractivity contribution in [3.05, 3.63) is 64.5 Å². The lowest BCUT2D eigenvalue weighted by Crippen LogP contribution is -2.37. The molecule has 1 N–H and O–H groups in total. The van der Waals surface area contributed by atoms with E-state index in [4.69, 9.17) is 16.0 Å². The molecule has 26 heavy (non-hydrogen) atoms. The number of likely N-dealkylation sites (tertiary alicyclic amines) is 1. The van der Waals surface area contributed by atoms with E-state index in [2.05, 4.69) is 4.98 Å². The Balaban J connectivity index is 1.58. The summed E-state index contributed by atoms with van der Waals surface area (Å²) in [6.45, 7) is 0.679. The standard InChI is InChI=1S/C20H19ClN2O3/c21-15-4-1-3-13(9-15)10-19-22-17-7-6-14(11-18(17)26-19)20(25)23-8-2-5-16(23)12-24/h1,3-4,6-7,9,11,16,24H,2,5,8,10,12H2/t16-/m0/s1. The van der Waals surface area contributed by atoms with Gasteiger partial charge in [0.25, 0.3) is 5.91 Å². The molecule has 1 aliphatic heterocycles. The summed E-state index contributed by atoms with van der Waals surface area (Å²) in [4.78, 5) is 19.0. The Labute approximate surface area is 156 Å². The van der Waals surface area contributed by atoms with Crippen LogP contribution in [0.4, 0.5) is 0 Å². The van der Waals surface area contributed by atoms with Gasteiger partial charge in [-0.15, -0.1) is 0 Å². The molecule has 4 rings (SSSR count). The molecule has 134 valence electrons. The Morgan fingerprint density at radius 1 is 1.31 bits per heavy atom. The van der Waals surface area contributed by atoms with Crippen LogP contribution in [0.25, 0.3) is 11.1 Å². The number of hydrogen-bond acceptors (Lipinski definition) is 4. The number of carbonyl (C=O) groups is 1. The molecule has 3 aromatic rings. The summed E-state index contributed by atoms with van der Waals surface area (Å²) in [6, 6.07) is 12.8. The number of oxazole rings is 1. The van der Waals surface area contributed by atoms with Gasteiger partial charge in [-0.3, -0.25) is 4.79 Å². The van der Waals surface area contributed by atoms with Crippen LogP contribution >= 0.6 is 11.6 Å². The van der Waals surface area contributed by atoms with Crippen LogP contribution in [0.1, 0.15) is 34.7 Å². The van der Waals surface area contributed by atoms with E-state index in [1.807, 2.05) is 24.3 Å². The van der Waals surface area contributed by atoms with Gasteiger partial charge in [-0.05, 0) is 48.7 Å².